The molecule has 8 heteroatoms. The van der Waals surface area contributed by atoms with E-state index in [0.29, 0.717) is 5.69 Å². The molecule has 1 saturated heterocycles. The highest BCUT2D eigenvalue weighted by Gasteiger charge is 2.19. The van der Waals surface area contributed by atoms with Gasteiger partial charge in [-0.2, -0.15) is 5.10 Å². The van der Waals surface area contributed by atoms with E-state index in [1.165, 1.54) is 0 Å². The van der Waals surface area contributed by atoms with Crippen molar-refractivity contribution in [2.75, 3.05) is 36.0 Å². The number of aromatic nitrogens is 3. The third-order valence-electron chi connectivity index (χ3n) is 3.30. The molecule has 2 aromatic heterocycles. The fraction of sp³-hybridized carbons (Fsp3) is 0.417. The van der Waals surface area contributed by atoms with Crippen LogP contribution in [0.25, 0.3) is 0 Å². The topological polar surface area (TPSA) is 65.1 Å². The normalized spacial score (nSPS) is 16.2. The Bertz CT molecular complexity index is 629. The number of halogens is 1. The first-order chi connectivity index (χ1) is 9.75. The van der Waals surface area contributed by atoms with Crippen molar-refractivity contribution >= 4 is 33.8 Å². The van der Waals surface area contributed by atoms with Gasteiger partial charge in [-0.15, -0.1) is 11.3 Å². The van der Waals surface area contributed by atoms with Crippen LogP contribution in [0.1, 0.15) is 6.42 Å². The summed E-state index contributed by atoms with van der Waals surface area (Å²) in [6, 6.07) is 0. The first kappa shape index (κ1) is 13.4. The summed E-state index contributed by atoms with van der Waals surface area (Å²) in [6.45, 7) is 3.46. The molecule has 3 heterocycles. The molecule has 0 saturated carbocycles. The number of anilines is 2. The molecule has 0 unspecified atom stereocenters. The molecule has 3 rings (SSSR count). The first-order valence-electron chi connectivity index (χ1n) is 6.38. The highest BCUT2D eigenvalue weighted by atomic mass is 35.5. The van der Waals surface area contributed by atoms with Gasteiger partial charge in [0, 0.05) is 37.8 Å². The van der Waals surface area contributed by atoms with E-state index < -0.39 is 0 Å². The van der Waals surface area contributed by atoms with Crippen molar-refractivity contribution < 1.29 is 0 Å². The average Bonchev–Trinajstić information content (AvgIpc) is 2.87. The number of aromatic amines is 1. The number of hydrogen-bond donors (Lipinski definition) is 1. The summed E-state index contributed by atoms with van der Waals surface area (Å²) < 4.78 is 0. The number of rotatable bonds is 2. The summed E-state index contributed by atoms with van der Waals surface area (Å²) >= 11 is 7.71. The van der Waals surface area contributed by atoms with Gasteiger partial charge in [-0.05, 0) is 6.42 Å². The van der Waals surface area contributed by atoms with Gasteiger partial charge in [0.1, 0.15) is 5.02 Å². The monoisotopic (exact) mass is 311 g/mol. The van der Waals surface area contributed by atoms with Gasteiger partial charge in [0.05, 0.1) is 11.9 Å². The molecule has 106 valence electrons. The molecule has 1 N–H and O–H groups in total. The van der Waals surface area contributed by atoms with Crippen LogP contribution in [0.4, 0.5) is 10.8 Å². The third kappa shape index (κ3) is 2.64. The molecule has 1 aliphatic heterocycles. The number of hydrogen-bond acceptors (Lipinski definition) is 6. The Morgan fingerprint density at radius 1 is 1.25 bits per heavy atom. The summed E-state index contributed by atoms with van der Waals surface area (Å²) in [5.41, 5.74) is 0.363. The molecule has 0 bridgehead atoms. The number of nitrogens with zero attached hydrogens (tertiary/aromatic N) is 4. The third-order valence-corrected chi connectivity index (χ3v) is 4.50. The van der Waals surface area contributed by atoms with E-state index in [1.54, 1.807) is 17.5 Å². The van der Waals surface area contributed by atoms with Crippen LogP contribution in [0.3, 0.4) is 0 Å². The van der Waals surface area contributed by atoms with Crippen LogP contribution in [-0.4, -0.2) is 41.4 Å². The lowest BCUT2D eigenvalue weighted by Crippen LogP contribution is -2.31. The second kappa shape index (κ2) is 5.80. The van der Waals surface area contributed by atoms with Gasteiger partial charge < -0.3 is 9.80 Å². The van der Waals surface area contributed by atoms with Crippen molar-refractivity contribution in [1.82, 2.24) is 15.2 Å². The van der Waals surface area contributed by atoms with Crippen molar-refractivity contribution in [3.8, 4) is 0 Å². The Hall–Kier alpha value is -1.60. The summed E-state index contributed by atoms with van der Waals surface area (Å²) in [4.78, 5) is 20.2. The maximum atomic E-state index is 11.5. The Morgan fingerprint density at radius 2 is 2.05 bits per heavy atom. The lowest BCUT2D eigenvalue weighted by molar-refractivity contribution is 0.800. The highest BCUT2D eigenvalue weighted by Crippen LogP contribution is 2.24. The SMILES string of the molecule is O=c1[nH]ncc(N2CCCN(c3nccs3)CC2)c1Cl. The zero-order valence-corrected chi connectivity index (χ0v) is 12.3. The van der Waals surface area contributed by atoms with E-state index in [2.05, 4.69) is 25.0 Å². The minimum atomic E-state index is -0.342. The molecule has 0 amide bonds. The maximum Gasteiger partial charge on any atom is 0.285 e. The maximum absolute atomic E-state index is 11.5. The van der Waals surface area contributed by atoms with E-state index in [9.17, 15) is 4.79 Å². The van der Waals surface area contributed by atoms with Crippen LogP contribution in [-0.2, 0) is 0 Å². The minimum Gasteiger partial charge on any atom is -0.367 e. The van der Waals surface area contributed by atoms with E-state index in [-0.39, 0.29) is 10.6 Å². The molecule has 2 aromatic rings. The Morgan fingerprint density at radius 3 is 2.85 bits per heavy atom. The minimum absolute atomic E-state index is 0.211. The fourth-order valence-corrected chi connectivity index (χ4v) is 3.22. The van der Waals surface area contributed by atoms with Crippen LogP contribution >= 0.6 is 22.9 Å². The lowest BCUT2D eigenvalue weighted by atomic mass is 10.3. The van der Waals surface area contributed by atoms with Crippen molar-refractivity contribution in [3.63, 3.8) is 0 Å². The summed E-state index contributed by atoms with van der Waals surface area (Å²) in [5.74, 6) is 0. The zero-order chi connectivity index (χ0) is 13.9. The summed E-state index contributed by atoms with van der Waals surface area (Å²) in [5, 5.41) is 9.41. The van der Waals surface area contributed by atoms with Gasteiger partial charge in [0.15, 0.2) is 5.13 Å². The predicted molar refractivity (Wildman–Crippen MR) is 81.0 cm³/mol. The molecule has 0 atom stereocenters. The Labute approximate surface area is 125 Å². The van der Waals surface area contributed by atoms with E-state index >= 15 is 0 Å². The van der Waals surface area contributed by atoms with Gasteiger partial charge in [-0.25, -0.2) is 10.1 Å². The quantitative estimate of drug-likeness (QED) is 0.912. The molecule has 6 nitrogen and oxygen atoms in total. The molecule has 0 aliphatic carbocycles. The van der Waals surface area contributed by atoms with Crippen LogP contribution in [0, 0.1) is 0 Å². The first-order valence-corrected chi connectivity index (χ1v) is 7.64. The van der Waals surface area contributed by atoms with Crippen LogP contribution in [0.15, 0.2) is 22.6 Å². The van der Waals surface area contributed by atoms with Crippen molar-refractivity contribution in [1.29, 1.82) is 0 Å². The Kier molecular flexibility index (Phi) is 3.88. The summed E-state index contributed by atoms with van der Waals surface area (Å²) in [7, 11) is 0. The van der Waals surface area contributed by atoms with Crippen LogP contribution in [0.5, 0.6) is 0 Å². The van der Waals surface area contributed by atoms with Gasteiger partial charge in [-0.3, -0.25) is 4.79 Å². The molecule has 20 heavy (non-hydrogen) atoms. The largest absolute Gasteiger partial charge is 0.367 e. The standard InChI is InChI=1S/C12H14ClN5OS/c13-10-9(8-15-16-11(10)19)17-3-1-4-18(6-5-17)12-14-2-7-20-12/h2,7-8H,1,3-6H2,(H,16,19). The molecule has 1 aliphatic rings. The lowest BCUT2D eigenvalue weighted by Gasteiger charge is -2.23. The van der Waals surface area contributed by atoms with Crippen molar-refractivity contribution in [2.45, 2.75) is 6.42 Å². The second-order valence-electron chi connectivity index (χ2n) is 4.54. The van der Waals surface area contributed by atoms with Crippen LogP contribution < -0.4 is 15.4 Å². The second-order valence-corrected chi connectivity index (χ2v) is 5.79. The molecule has 0 spiro atoms. The van der Waals surface area contributed by atoms with Crippen molar-refractivity contribution in [2.24, 2.45) is 0 Å². The van der Waals surface area contributed by atoms with Gasteiger partial charge >= 0.3 is 0 Å². The number of nitrogens with one attached hydrogen (secondary N) is 1. The van der Waals surface area contributed by atoms with Gasteiger partial charge in [0.2, 0.25) is 0 Å². The average molecular weight is 312 g/mol. The zero-order valence-electron chi connectivity index (χ0n) is 10.8. The molecule has 0 radical (unpaired) electrons. The number of H-pyrrole nitrogens is 1. The smallest absolute Gasteiger partial charge is 0.285 e. The van der Waals surface area contributed by atoms with E-state index in [0.717, 1.165) is 37.7 Å². The number of thiazole rings is 1. The van der Waals surface area contributed by atoms with Gasteiger partial charge in [-0.1, -0.05) is 11.6 Å². The van der Waals surface area contributed by atoms with Crippen LogP contribution in [0.2, 0.25) is 5.02 Å². The Balaban J connectivity index is 1.77. The fourth-order valence-electron chi connectivity index (χ4n) is 2.32. The molecule has 0 aromatic carbocycles. The van der Waals surface area contributed by atoms with E-state index in [4.69, 9.17) is 11.6 Å². The molecule has 1 fully saturated rings. The van der Waals surface area contributed by atoms with Gasteiger partial charge in [0.25, 0.3) is 5.56 Å². The molecular formula is C12H14ClN5OS. The predicted octanol–water partition coefficient (Wildman–Crippen LogP) is 1.60. The van der Waals surface area contributed by atoms with Crippen molar-refractivity contribution in [3.05, 3.63) is 33.2 Å². The molecular weight excluding hydrogens is 298 g/mol. The van der Waals surface area contributed by atoms with E-state index in [1.807, 2.05) is 11.6 Å². The summed E-state index contributed by atoms with van der Waals surface area (Å²) in [6.07, 6.45) is 4.42. The highest BCUT2D eigenvalue weighted by molar-refractivity contribution is 7.13.